The molecule has 1 atom stereocenters. The molecule has 0 saturated carbocycles. The SMILES string of the molecule is C[C@@H](c1cccc(F)c1)n1cc(C(=O)NCc2ccncc2)nn1. The van der Waals surface area contributed by atoms with Crippen LogP contribution in [0.15, 0.2) is 55.0 Å². The lowest BCUT2D eigenvalue weighted by Crippen LogP contribution is -2.23. The predicted molar refractivity (Wildman–Crippen MR) is 85.6 cm³/mol. The smallest absolute Gasteiger partial charge is 0.273 e. The van der Waals surface area contributed by atoms with Gasteiger partial charge < -0.3 is 5.32 Å². The maximum atomic E-state index is 13.3. The molecular weight excluding hydrogens is 309 g/mol. The summed E-state index contributed by atoms with van der Waals surface area (Å²) in [5.41, 5.74) is 1.91. The van der Waals surface area contributed by atoms with Gasteiger partial charge in [-0.1, -0.05) is 17.3 Å². The van der Waals surface area contributed by atoms with Crippen molar-refractivity contribution in [1.82, 2.24) is 25.3 Å². The number of nitrogens with one attached hydrogen (secondary N) is 1. The van der Waals surface area contributed by atoms with Gasteiger partial charge in [0.25, 0.3) is 5.91 Å². The van der Waals surface area contributed by atoms with E-state index in [-0.39, 0.29) is 23.5 Å². The molecule has 3 rings (SSSR count). The van der Waals surface area contributed by atoms with Crippen LogP contribution in [-0.4, -0.2) is 25.9 Å². The first-order valence-electron chi connectivity index (χ1n) is 7.48. The van der Waals surface area contributed by atoms with Crippen LogP contribution in [0.1, 0.15) is 34.6 Å². The third-order valence-corrected chi connectivity index (χ3v) is 3.67. The van der Waals surface area contributed by atoms with Crippen LogP contribution in [0.2, 0.25) is 0 Å². The molecule has 2 heterocycles. The summed E-state index contributed by atoms with van der Waals surface area (Å²) < 4.78 is 14.9. The number of amides is 1. The molecule has 1 amide bonds. The van der Waals surface area contributed by atoms with Gasteiger partial charge in [0.15, 0.2) is 5.69 Å². The zero-order valence-corrected chi connectivity index (χ0v) is 13.1. The second-order valence-corrected chi connectivity index (χ2v) is 5.35. The minimum Gasteiger partial charge on any atom is -0.347 e. The Morgan fingerprint density at radius 1 is 1.29 bits per heavy atom. The summed E-state index contributed by atoms with van der Waals surface area (Å²) in [7, 11) is 0. The van der Waals surface area contributed by atoms with Gasteiger partial charge >= 0.3 is 0 Å². The zero-order valence-electron chi connectivity index (χ0n) is 13.1. The molecule has 0 unspecified atom stereocenters. The van der Waals surface area contributed by atoms with E-state index in [1.54, 1.807) is 30.7 Å². The minimum absolute atomic E-state index is 0.215. The Morgan fingerprint density at radius 2 is 2.08 bits per heavy atom. The summed E-state index contributed by atoms with van der Waals surface area (Å²) in [5.74, 6) is -0.626. The van der Waals surface area contributed by atoms with E-state index < -0.39 is 0 Å². The van der Waals surface area contributed by atoms with Gasteiger partial charge in [-0.3, -0.25) is 9.78 Å². The first-order valence-corrected chi connectivity index (χ1v) is 7.48. The zero-order chi connectivity index (χ0) is 16.9. The van der Waals surface area contributed by atoms with E-state index >= 15 is 0 Å². The molecule has 6 nitrogen and oxygen atoms in total. The lowest BCUT2D eigenvalue weighted by Gasteiger charge is -2.11. The number of halogens is 1. The van der Waals surface area contributed by atoms with Crippen LogP contribution in [0, 0.1) is 5.82 Å². The van der Waals surface area contributed by atoms with Crippen molar-refractivity contribution >= 4 is 5.91 Å². The maximum Gasteiger partial charge on any atom is 0.273 e. The molecule has 0 bridgehead atoms. The highest BCUT2D eigenvalue weighted by Crippen LogP contribution is 2.17. The van der Waals surface area contributed by atoms with Gasteiger partial charge in [0.05, 0.1) is 12.2 Å². The Kier molecular flexibility index (Phi) is 4.60. The van der Waals surface area contributed by atoms with Crippen molar-refractivity contribution in [3.63, 3.8) is 0 Å². The average molecular weight is 325 g/mol. The molecule has 7 heteroatoms. The number of rotatable bonds is 5. The molecular formula is C17H16FN5O. The normalized spacial score (nSPS) is 11.9. The summed E-state index contributed by atoms with van der Waals surface area (Å²) in [6.45, 7) is 2.25. The average Bonchev–Trinajstić information content (AvgIpc) is 3.10. The fraction of sp³-hybridized carbons (Fsp3) is 0.176. The van der Waals surface area contributed by atoms with Crippen molar-refractivity contribution in [2.24, 2.45) is 0 Å². The van der Waals surface area contributed by atoms with Crippen molar-refractivity contribution in [2.75, 3.05) is 0 Å². The standard InChI is InChI=1S/C17H16FN5O/c1-12(14-3-2-4-15(18)9-14)23-11-16(21-22-23)17(24)20-10-13-5-7-19-8-6-13/h2-9,11-12H,10H2,1H3,(H,20,24)/t12-/m0/s1. The van der Waals surface area contributed by atoms with Crippen LogP contribution in [0.3, 0.4) is 0 Å². The van der Waals surface area contributed by atoms with E-state index in [9.17, 15) is 9.18 Å². The van der Waals surface area contributed by atoms with Gasteiger partial charge in [-0.25, -0.2) is 9.07 Å². The van der Waals surface area contributed by atoms with E-state index in [1.807, 2.05) is 19.1 Å². The van der Waals surface area contributed by atoms with Gasteiger partial charge in [0.2, 0.25) is 0 Å². The van der Waals surface area contributed by atoms with Gasteiger partial charge in [0.1, 0.15) is 5.82 Å². The fourth-order valence-electron chi connectivity index (χ4n) is 2.26. The lowest BCUT2D eigenvalue weighted by atomic mass is 10.1. The van der Waals surface area contributed by atoms with E-state index in [1.165, 1.54) is 16.8 Å². The molecule has 0 aliphatic carbocycles. The number of nitrogens with zero attached hydrogens (tertiary/aromatic N) is 4. The number of carbonyl (C=O) groups is 1. The lowest BCUT2D eigenvalue weighted by molar-refractivity contribution is 0.0946. The highest BCUT2D eigenvalue weighted by Gasteiger charge is 2.15. The van der Waals surface area contributed by atoms with Crippen molar-refractivity contribution < 1.29 is 9.18 Å². The molecule has 122 valence electrons. The van der Waals surface area contributed by atoms with Gasteiger partial charge in [0, 0.05) is 18.9 Å². The number of benzene rings is 1. The van der Waals surface area contributed by atoms with Crippen molar-refractivity contribution in [3.05, 3.63) is 77.6 Å². The molecule has 0 aliphatic heterocycles. The molecule has 1 aromatic carbocycles. The van der Waals surface area contributed by atoms with E-state index in [0.29, 0.717) is 6.54 Å². The third-order valence-electron chi connectivity index (χ3n) is 3.67. The number of hydrogen-bond donors (Lipinski definition) is 1. The molecule has 0 saturated heterocycles. The summed E-state index contributed by atoms with van der Waals surface area (Å²) in [6.07, 6.45) is 4.88. The van der Waals surface area contributed by atoms with Crippen molar-refractivity contribution in [1.29, 1.82) is 0 Å². The highest BCUT2D eigenvalue weighted by molar-refractivity contribution is 5.91. The Morgan fingerprint density at radius 3 is 2.83 bits per heavy atom. The van der Waals surface area contributed by atoms with E-state index in [4.69, 9.17) is 0 Å². The molecule has 0 fully saturated rings. The molecule has 1 N–H and O–H groups in total. The van der Waals surface area contributed by atoms with Crippen LogP contribution in [0.5, 0.6) is 0 Å². The molecule has 0 aliphatic rings. The molecule has 2 aromatic heterocycles. The van der Waals surface area contributed by atoms with Crippen LogP contribution >= 0.6 is 0 Å². The summed E-state index contributed by atoms with van der Waals surface area (Å²) in [5, 5.41) is 10.6. The van der Waals surface area contributed by atoms with Crippen molar-refractivity contribution in [2.45, 2.75) is 19.5 Å². The largest absolute Gasteiger partial charge is 0.347 e. The van der Waals surface area contributed by atoms with Crippen LogP contribution in [0.4, 0.5) is 4.39 Å². The topological polar surface area (TPSA) is 72.7 Å². The Hall–Kier alpha value is -3.09. The van der Waals surface area contributed by atoms with Gasteiger partial charge in [-0.05, 0) is 42.3 Å². The number of carbonyl (C=O) groups excluding carboxylic acids is 1. The van der Waals surface area contributed by atoms with E-state index in [2.05, 4.69) is 20.6 Å². The molecule has 3 aromatic rings. The second-order valence-electron chi connectivity index (χ2n) is 5.35. The third kappa shape index (κ3) is 3.62. The second kappa shape index (κ2) is 6.99. The van der Waals surface area contributed by atoms with Gasteiger partial charge in [-0.2, -0.15) is 0 Å². The first-order chi connectivity index (χ1) is 11.6. The summed E-state index contributed by atoms with van der Waals surface area (Å²) in [6, 6.07) is 9.69. The Balaban J connectivity index is 1.67. The maximum absolute atomic E-state index is 13.3. The fourth-order valence-corrected chi connectivity index (χ4v) is 2.26. The quantitative estimate of drug-likeness (QED) is 0.781. The van der Waals surface area contributed by atoms with Crippen LogP contribution in [0.25, 0.3) is 0 Å². The number of hydrogen-bond acceptors (Lipinski definition) is 4. The summed E-state index contributed by atoms with van der Waals surface area (Å²) >= 11 is 0. The van der Waals surface area contributed by atoms with Crippen molar-refractivity contribution in [3.8, 4) is 0 Å². The Labute approximate surface area is 138 Å². The molecule has 24 heavy (non-hydrogen) atoms. The monoisotopic (exact) mass is 325 g/mol. The first kappa shape index (κ1) is 15.8. The number of aromatic nitrogens is 4. The number of pyridine rings is 1. The predicted octanol–water partition coefficient (Wildman–Crippen LogP) is 2.35. The van der Waals surface area contributed by atoms with Crippen LogP contribution in [-0.2, 0) is 6.54 Å². The highest BCUT2D eigenvalue weighted by atomic mass is 19.1. The molecule has 0 spiro atoms. The van der Waals surface area contributed by atoms with Gasteiger partial charge in [-0.15, -0.1) is 5.10 Å². The minimum atomic E-state index is -0.315. The van der Waals surface area contributed by atoms with E-state index in [0.717, 1.165) is 11.1 Å². The molecule has 0 radical (unpaired) electrons. The Bertz CT molecular complexity index is 834. The van der Waals surface area contributed by atoms with Crippen LogP contribution < -0.4 is 5.32 Å². The summed E-state index contributed by atoms with van der Waals surface area (Å²) in [4.78, 5) is 16.1.